The zero-order chi connectivity index (χ0) is 15.0. The number of rotatable bonds is 2. The van der Waals surface area contributed by atoms with Crippen LogP contribution >= 0.6 is 0 Å². The summed E-state index contributed by atoms with van der Waals surface area (Å²) in [5, 5.41) is 4.03. The molecule has 112 valence electrons. The minimum Gasteiger partial charge on any atom is -0.309 e. The number of benzene rings is 1. The summed E-state index contributed by atoms with van der Waals surface area (Å²) in [4.78, 5) is 4.58. The van der Waals surface area contributed by atoms with E-state index < -0.39 is 10.0 Å². The lowest BCUT2D eigenvalue weighted by Crippen LogP contribution is -2.55. The van der Waals surface area contributed by atoms with Crippen molar-refractivity contribution in [2.45, 2.75) is 30.8 Å². The van der Waals surface area contributed by atoms with Crippen LogP contribution in [0, 0.1) is 0 Å². The molecular weight excluding hydrogens is 286 g/mol. The molecule has 0 saturated carbocycles. The monoisotopic (exact) mass is 305 g/mol. The van der Waals surface area contributed by atoms with Gasteiger partial charge in [-0.1, -0.05) is 6.07 Å². The lowest BCUT2D eigenvalue weighted by Gasteiger charge is -2.35. The first-order chi connectivity index (χ1) is 9.98. The van der Waals surface area contributed by atoms with Gasteiger partial charge >= 0.3 is 0 Å². The fourth-order valence-corrected chi connectivity index (χ4v) is 4.73. The first-order valence-electron chi connectivity index (χ1n) is 7.08. The Hall–Kier alpha value is -1.50. The summed E-state index contributed by atoms with van der Waals surface area (Å²) in [7, 11) is -3.50. The third-order valence-corrected chi connectivity index (χ3v) is 5.64. The van der Waals surface area contributed by atoms with Gasteiger partial charge in [0.25, 0.3) is 0 Å². The molecule has 0 radical (unpaired) electrons. The van der Waals surface area contributed by atoms with Crippen LogP contribution in [0.15, 0.2) is 41.4 Å². The van der Waals surface area contributed by atoms with Crippen LogP contribution in [0.25, 0.3) is 10.9 Å². The standard InChI is InChI=1S/C15H19N3O2S/c1-11-9-18(10-12(2)17-11)21(19,20)15-7-3-6-14-13(15)5-4-8-16-14/h3-8,11-12,17H,9-10H2,1-2H3. The molecule has 21 heavy (non-hydrogen) atoms. The van der Waals surface area contributed by atoms with Gasteiger partial charge in [0.1, 0.15) is 0 Å². The van der Waals surface area contributed by atoms with E-state index in [0.29, 0.717) is 28.9 Å². The van der Waals surface area contributed by atoms with Crippen LogP contribution in [0.4, 0.5) is 0 Å². The molecule has 2 atom stereocenters. The van der Waals surface area contributed by atoms with E-state index in [9.17, 15) is 8.42 Å². The Balaban J connectivity index is 2.08. The van der Waals surface area contributed by atoms with Crippen molar-refractivity contribution in [2.24, 2.45) is 0 Å². The van der Waals surface area contributed by atoms with Gasteiger partial charge in [-0.25, -0.2) is 8.42 Å². The quantitative estimate of drug-likeness (QED) is 0.915. The second-order valence-corrected chi connectivity index (χ2v) is 7.52. The normalized spacial score (nSPS) is 24.3. The van der Waals surface area contributed by atoms with Crippen LogP contribution in [0.3, 0.4) is 0 Å². The van der Waals surface area contributed by atoms with Gasteiger partial charge in [0, 0.05) is 36.8 Å². The number of aromatic nitrogens is 1. The molecule has 1 aliphatic heterocycles. The summed E-state index contributed by atoms with van der Waals surface area (Å²) >= 11 is 0. The number of nitrogens with one attached hydrogen (secondary N) is 1. The van der Waals surface area contributed by atoms with Crippen molar-refractivity contribution < 1.29 is 8.42 Å². The molecule has 1 aliphatic rings. The van der Waals surface area contributed by atoms with Crippen LogP contribution in [-0.2, 0) is 10.0 Å². The summed E-state index contributed by atoms with van der Waals surface area (Å²) in [6, 6.07) is 9.12. The van der Waals surface area contributed by atoms with Crippen molar-refractivity contribution in [3.05, 3.63) is 36.5 Å². The number of sulfonamides is 1. The molecule has 1 aromatic heterocycles. The van der Waals surface area contributed by atoms with Crippen molar-refractivity contribution >= 4 is 20.9 Å². The third-order valence-electron chi connectivity index (χ3n) is 3.75. The molecule has 0 amide bonds. The topological polar surface area (TPSA) is 62.3 Å². The third kappa shape index (κ3) is 2.66. The van der Waals surface area contributed by atoms with E-state index in [4.69, 9.17) is 0 Å². The average molecular weight is 305 g/mol. The number of fused-ring (bicyclic) bond motifs is 1. The van der Waals surface area contributed by atoms with Crippen LogP contribution in [0.1, 0.15) is 13.8 Å². The van der Waals surface area contributed by atoms with Gasteiger partial charge in [0.2, 0.25) is 10.0 Å². The van der Waals surface area contributed by atoms with Crippen molar-refractivity contribution in [1.29, 1.82) is 0 Å². The molecule has 1 fully saturated rings. The van der Waals surface area contributed by atoms with Crippen LogP contribution in [0.2, 0.25) is 0 Å². The lowest BCUT2D eigenvalue weighted by atomic mass is 10.2. The molecule has 2 aromatic rings. The minimum atomic E-state index is -3.50. The molecule has 2 unspecified atom stereocenters. The molecule has 5 nitrogen and oxygen atoms in total. The van der Waals surface area contributed by atoms with E-state index in [1.807, 2.05) is 26.0 Å². The van der Waals surface area contributed by atoms with Crippen molar-refractivity contribution in [3.8, 4) is 0 Å². The summed E-state index contributed by atoms with van der Waals surface area (Å²) in [5.74, 6) is 0. The molecule has 6 heteroatoms. The largest absolute Gasteiger partial charge is 0.309 e. The van der Waals surface area contributed by atoms with E-state index in [2.05, 4.69) is 10.3 Å². The molecule has 2 heterocycles. The maximum atomic E-state index is 13.0. The molecule has 3 rings (SSSR count). The van der Waals surface area contributed by atoms with Gasteiger partial charge in [-0.15, -0.1) is 0 Å². The average Bonchev–Trinajstić information content (AvgIpc) is 2.45. The summed E-state index contributed by atoms with van der Waals surface area (Å²) in [6.07, 6.45) is 1.67. The maximum absolute atomic E-state index is 13.0. The predicted molar refractivity (Wildman–Crippen MR) is 82.6 cm³/mol. The molecular formula is C15H19N3O2S. The fraction of sp³-hybridized carbons (Fsp3) is 0.400. The van der Waals surface area contributed by atoms with Gasteiger partial charge in [-0.3, -0.25) is 4.98 Å². The lowest BCUT2D eigenvalue weighted by molar-refractivity contribution is 0.263. The molecule has 1 aromatic carbocycles. The van der Waals surface area contributed by atoms with E-state index >= 15 is 0 Å². The van der Waals surface area contributed by atoms with Gasteiger partial charge in [-0.05, 0) is 38.1 Å². The number of hydrogen-bond donors (Lipinski definition) is 1. The molecule has 1 N–H and O–H groups in total. The zero-order valence-electron chi connectivity index (χ0n) is 12.2. The fourth-order valence-electron chi connectivity index (χ4n) is 2.91. The maximum Gasteiger partial charge on any atom is 0.243 e. The Kier molecular flexibility index (Phi) is 3.69. The Morgan fingerprint density at radius 1 is 1.14 bits per heavy atom. The first kappa shape index (κ1) is 14.4. The summed E-state index contributed by atoms with van der Waals surface area (Å²) in [5.41, 5.74) is 0.704. The Morgan fingerprint density at radius 2 is 1.86 bits per heavy atom. The summed E-state index contributed by atoms with van der Waals surface area (Å²) in [6.45, 7) is 4.98. The van der Waals surface area contributed by atoms with E-state index in [1.54, 1.807) is 28.7 Å². The van der Waals surface area contributed by atoms with E-state index in [0.717, 1.165) is 0 Å². The van der Waals surface area contributed by atoms with E-state index in [-0.39, 0.29) is 12.1 Å². The van der Waals surface area contributed by atoms with Crippen LogP contribution < -0.4 is 5.32 Å². The Labute approximate surface area is 125 Å². The first-order valence-corrected chi connectivity index (χ1v) is 8.52. The highest BCUT2D eigenvalue weighted by Gasteiger charge is 2.32. The minimum absolute atomic E-state index is 0.150. The van der Waals surface area contributed by atoms with Crippen molar-refractivity contribution in [1.82, 2.24) is 14.6 Å². The highest BCUT2D eigenvalue weighted by molar-refractivity contribution is 7.89. The van der Waals surface area contributed by atoms with Crippen molar-refractivity contribution in [2.75, 3.05) is 13.1 Å². The number of nitrogens with zero attached hydrogens (tertiary/aromatic N) is 2. The second kappa shape index (κ2) is 5.36. The number of pyridine rings is 1. The molecule has 1 saturated heterocycles. The second-order valence-electron chi connectivity index (χ2n) is 5.62. The van der Waals surface area contributed by atoms with Gasteiger partial charge in [-0.2, -0.15) is 4.31 Å². The van der Waals surface area contributed by atoms with Gasteiger partial charge in [0.15, 0.2) is 0 Å². The van der Waals surface area contributed by atoms with Crippen molar-refractivity contribution in [3.63, 3.8) is 0 Å². The summed E-state index contributed by atoms with van der Waals surface area (Å²) < 4.78 is 27.5. The van der Waals surface area contributed by atoms with Gasteiger partial charge in [0.05, 0.1) is 10.4 Å². The molecule has 0 bridgehead atoms. The van der Waals surface area contributed by atoms with Gasteiger partial charge < -0.3 is 5.32 Å². The smallest absolute Gasteiger partial charge is 0.243 e. The SMILES string of the molecule is CC1CN(S(=O)(=O)c2cccc3ncccc23)CC(C)N1. The Bertz CT molecular complexity index is 745. The van der Waals surface area contributed by atoms with Crippen LogP contribution in [-0.4, -0.2) is 42.9 Å². The van der Waals surface area contributed by atoms with Crippen LogP contribution in [0.5, 0.6) is 0 Å². The molecule has 0 spiro atoms. The highest BCUT2D eigenvalue weighted by atomic mass is 32.2. The zero-order valence-corrected chi connectivity index (χ0v) is 13.0. The highest BCUT2D eigenvalue weighted by Crippen LogP contribution is 2.25. The molecule has 0 aliphatic carbocycles. The van der Waals surface area contributed by atoms with E-state index in [1.165, 1.54) is 0 Å². The number of piperazine rings is 1. The number of hydrogen-bond acceptors (Lipinski definition) is 4. The predicted octanol–water partition coefficient (Wildman–Crippen LogP) is 1.61. The Morgan fingerprint density at radius 3 is 2.57 bits per heavy atom.